The van der Waals surface area contributed by atoms with Gasteiger partial charge in [0.25, 0.3) is 0 Å². The van der Waals surface area contributed by atoms with Gasteiger partial charge in [-0.05, 0) is 31.2 Å². The average molecular weight is 304 g/mol. The smallest absolute Gasteiger partial charge is 0.242 e. The molecular weight excluding hydrogens is 288 g/mol. The third-order valence-electron chi connectivity index (χ3n) is 2.73. The lowest BCUT2D eigenvalue weighted by atomic mass is 10.2. The Kier molecular flexibility index (Phi) is 4.81. The minimum Gasteiger partial charge on any atom is -0.465 e. The summed E-state index contributed by atoms with van der Waals surface area (Å²) in [5.74, 6) is 6.72. The van der Waals surface area contributed by atoms with Crippen molar-refractivity contribution in [3.8, 4) is 11.8 Å². The van der Waals surface area contributed by atoms with Gasteiger partial charge in [0.05, 0.1) is 18.0 Å². The highest BCUT2D eigenvalue weighted by molar-refractivity contribution is 7.89. The summed E-state index contributed by atoms with van der Waals surface area (Å²) in [4.78, 5) is 0.134. The van der Waals surface area contributed by atoms with Gasteiger partial charge in [-0.2, -0.15) is 0 Å². The zero-order valence-electron chi connectivity index (χ0n) is 11.6. The van der Waals surface area contributed by atoms with Crippen LogP contribution in [-0.2, 0) is 16.6 Å². The maximum absolute atomic E-state index is 12.3. The molecule has 1 aromatic carbocycles. The van der Waals surface area contributed by atoms with E-state index in [0.29, 0.717) is 11.3 Å². The van der Waals surface area contributed by atoms with Crippen molar-refractivity contribution < 1.29 is 12.8 Å². The van der Waals surface area contributed by atoms with E-state index in [1.807, 2.05) is 0 Å². The predicted octanol–water partition coefficient (Wildman–Crippen LogP) is 1.38. The van der Waals surface area contributed by atoms with Crippen molar-refractivity contribution in [3.05, 3.63) is 53.5 Å². The Balaban J connectivity index is 2.23. The van der Waals surface area contributed by atoms with Crippen LogP contribution in [0.25, 0.3) is 0 Å². The fourth-order valence-corrected chi connectivity index (χ4v) is 2.93. The van der Waals surface area contributed by atoms with Crippen LogP contribution in [0.4, 0.5) is 0 Å². The highest BCUT2D eigenvalue weighted by Crippen LogP contribution is 2.15. The summed E-state index contributed by atoms with van der Waals surface area (Å²) in [7, 11) is -3.66. The molecule has 0 aliphatic heterocycles. The Bertz CT molecular complexity index is 782. The van der Waals surface area contributed by atoms with Gasteiger partial charge >= 0.3 is 0 Å². The molecule has 0 radical (unpaired) electrons. The molecule has 0 bridgehead atoms. The monoisotopic (exact) mass is 304 g/mol. The molecule has 0 spiro atoms. The van der Waals surface area contributed by atoms with Crippen LogP contribution in [0.2, 0.25) is 0 Å². The fraction of sp³-hybridized carbons (Fsp3) is 0.200. The van der Waals surface area contributed by atoms with Crippen LogP contribution < -0.4 is 10.5 Å². The zero-order chi connectivity index (χ0) is 15.3. The molecule has 1 heterocycles. The molecule has 2 aromatic rings. The van der Waals surface area contributed by atoms with Crippen molar-refractivity contribution in [2.45, 2.75) is 18.4 Å². The third kappa shape index (κ3) is 3.95. The van der Waals surface area contributed by atoms with Gasteiger partial charge in [-0.25, -0.2) is 13.1 Å². The van der Waals surface area contributed by atoms with Crippen molar-refractivity contribution in [2.24, 2.45) is 5.73 Å². The lowest BCUT2D eigenvalue weighted by Gasteiger charge is -2.07. The summed E-state index contributed by atoms with van der Waals surface area (Å²) in [5.41, 5.74) is 5.74. The fourth-order valence-electron chi connectivity index (χ4n) is 1.77. The van der Waals surface area contributed by atoms with E-state index in [0.717, 1.165) is 5.76 Å². The number of nitrogens with two attached hydrogens (primary N) is 1. The first-order valence-corrected chi connectivity index (χ1v) is 7.84. The molecule has 0 unspecified atom stereocenters. The maximum Gasteiger partial charge on any atom is 0.242 e. The summed E-state index contributed by atoms with van der Waals surface area (Å²) in [6, 6.07) is 10.1. The first-order valence-electron chi connectivity index (χ1n) is 6.36. The molecule has 0 fully saturated rings. The second-order valence-corrected chi connectivity index (χ2v) is 6.07. The second-order valence-electron chi connectivity index (χ2n) is 4.34. The molecule has 1 aromatic heterocycles. The van der Waals surface area contributed by atoms with E-state index in [9.17, 15) is 8.42 Å². The molecule has 0 aliphatic rings. The largest absolute Gasteiger partial charge is 0.465 e. The number of benzene rings is 1. The van der Waals surface area contributed by atoms with Gasteiger partial charge in [-0.3, -0.25) is 0 Å². The van der Waals surface area contributed by atoms with E-state index in [-0.39, 0.29) is 18.0 Å². The molecule has 6 heteroatoms. The SMILES string of the molecule is Cc1ccc(CNS(=O)(=O)c2ccccc2C#CCN)o1. The summed E-state index contributed by atoms with van der Waals surface area (Å²) in [6.07, 6.45) is 0. The van der Waals surface area contributed by atoms with Crippen LogP contribution in [0.1, 0.15) is 17.1 Å². The van der Waals surface area contributed by atoms with Crippen LogP contribution in [-0.4, -0.2) is 15.0 Å². The number of sulfonamides is 1. The highest BCUT2D eigenvalue weighted by Gasteiger charge is 2.17. The number of furan rings is 1. The molecule has 21 heavy (non-hydrogen) atoms. The lowest BCUT2D eigenvalue weighted by molar-refractivity contribution is 0.475. The summed E-state index contributed by atoms with van der Waals surface area (Å²) >= 11 is 0. The molecule has 110 valence electrons. The Morgan fingerprint density at radius 3 is 2.67 bits per heavy atom. The number of aryl methyl sites for hydroxylation is 1. The molecule has 2 rings (SSSR count). The Morgan fingerprint density at radius 2 is 2.00 bits per heavy atom. The van der Waals surface area contributed by atoms with Gasteiger partial charge < -0.3 is 10.2 Å². The van der Waals surface area contributed by atoms with Crippen LogP contribution in [0.5, 0.6) is 0 Å². The van der Waals surface area contributed by atoms with Crippen molar-refractivity contribution >= 4 is 10.0 Å². The van der Waals surface area contributed by atoms with Crippen LogP contribution >= 0.6 is 0 Å². The van der Waals surface area contributed by atoms with Crippen LogP contribution in [0.3, 0.4) is 0 Å². The third-order valence-corrected chi connectivity index (χ3v) is 4.19. The zero-order valence-corrected chi connectivity index (χ0v) is 12.4. The van der Waals surface area contributed by atoms with E-state index in [4.69, 9.17) is 10.2 Å². The topological polar surface area (TPSA) is 85.3 Å². The lowest BCUT2D eigenvalue weighted by Crippen LogP contribution is -2.23. The highest BCUT2D eigenvalue weighted by atomic mass is 32.2. The van der Waals surface area contributed by atoms with Gasteiger partial charge in [0.2, 0.25) is 10.0 Å². The summed E-state index contributed by atoms with van der Waals surface area (Å²) < 4.78 is 32.5. The standard InChI is InChI=1S/C15H16N2O3S/c1-12-8-9-14(20-12)11-17-21(18,19)15-7-3-2-5-13(15)6-4-10-16/h2-3,5,7-9,17H,10-11,16H2,1H3. The average Bonchev–Trinajstić information content (AvgIpc) is 2.89. The van der Waals surface area contributed by atoms with Gasteiger partial charge in [-0.15, -0.1) is 0 Å². The number of nitrogens with one attached hydrogen (secondary N) is 1. The number of hydrogen-bond acceptors (Lipinski definition) is 4. The maximum atomic E-state index is 12.3. The number of hydrogen-bond donors (Lipinski definition) is 2. The van der Waals surface area contributed by atoms with E-state index in [2.05, 4.69) is 16.6 Å². The summed E-state index contributed by atoms with van der Waals surface area (Å²) in [6.45, 7) is 2.07. The van der Waals surface area contributed by atoms with Gasteiger partial charge in [0, 0.05) is 5.56 Å². The van der Waals surface area contributed by atoms with Crippen LogP contribution in [0, 0.1) is 18.8 Å². The molecule has 0 saturated heterocycles. The second kappa shape index (κ2) is 6.59. The van der Waals surface area contributed by atoms with E-state index < -0.39 is 10.0 Å². The minimum absolute atomic E-state index is 0.0921. The minimum atomic E-state index is -3.66. The Labute approximate surface area is 124 Å². The van der Waals surface area contributed by atoms with Crippen molar-refractivity contribution in [1.82, 2.24) is 4.72 Å². The van der Waals surface area contributed by atoms with Crippen molar-refractivity contribution in [1.29, 1.82) is 0 Å². The molecule has 0 aliphatic carbocycles. The first-order chi connectivity index (χ1) is 10.0. The van der Waals surface area contributed by atoms with E-state index >= 15 is 0 Å². The molecule has 5 nitrogen and oxygen atoms in total. The molecule has 0 amide bonds. The Hall–Kier alpha value is -2.07. The van der Waals surface area contributed by atoms with E-state index in [1.54, 1.807) is 37.3 Å². The number of rotatable bonds is 4. The van der Waals surface area contributed by atoms with Gasteiger partial charge in [-0.1, -0.05) is 24.0 Å². The van der Waals surface area contributed by atoms with E-state index in [1.165, 1.54) is 6.07 Å². The summed E-state index contributed by atoms with van der Waals surface area (Å²) in [5, 5.41) is 0. The van der Waals surface area contributed by atoms with Crippen molar-refractivity contribution in [2.75, 3.05) is 6.54 Å². The quantitative estimate of drug-likeness (QED) is 0.836. The van der Waals surface area contributed by atoms with Gasteiger partial charge in [0.15, 0.2) is 0 Å². The van der Waals surface area contributed by atoms with Crippen molar-refractivity contribution in [3.63, 3.8) is 0 Å². The predicted molar refractivity (Wildman–Crippen MR) is 79.8 cm³/mol. The Morgan fingerprint density at radius 1 is 1.24 bits per heavy atom. The van der Waals surface area contributed by atoms with Crippen LogP contribution in [0.15, 0.2) is 45.7 Å². The first kappa shape index (κ1) is 15.3. The molecular formula is C15H16N2O3S. The molecule has 0 saturated carbocycles. The molecule has 3 N–H and O–H groups in total. The normalized spacial score (nSPS) is 11.0. The molecule has 0 atom stereocenters. The van der Waals surface area contributed by atoms with Gasteiger partial charge in [0.1, 0.15) is 11.5 Å².